The molecule has 0 unspecified atom stereocenters. The highest BCUT2D eigenvalue weighted by Gasteiger charge is 2.32. The van der Waals surface area contributed by atoms with Gasteiger partial charge in [0.15, 0.2) is 0 Å². The van der Waals surface area contributed by atoms with Crippen molar-refractivity contribution in [1.29, 1.82) is 0 Å². The SMILES string of the molecule is COc1ccc(S(=O)(=O)N2CCSc3c(-c4ccc(C(F)(F)F)cc4)cncc32)cc1. The molecule has 0 amide bonds. The lowest BCUT2D eigenvalue weighted by atomic mass is 10.0. The lowest BCUT2D eigenvalue weighted by molar-refractivity contribution is -0.137. The van der Waals surface area contributed by atoms with Crippen LogP contribution in [0.1, 0.15) is 5.56 Å². The molecular formula is C21H17F3N2O3S2. The minimum Gasteiger partial charge on any atom is -0.497 e. The Balaban J connectivity index is 1.75. The minimum absolute atomic E-state index is 0.117. The van der Waals surface area contributed by atoms with Gasteiger partial charge in [0.05, 0.1) is 29.5 Å². The van der Waals surface area contributed by atoms with Gasteiger partial charge in [0.2, 0.25) is 0 Å². The van der Waals surface area contributed by atoms with E-state index in [4.69, 9.17) is 4.74 Å². The van der Waals surface area contributed by atoms with Gasteiger partial charge in [-0.25, -0.2) is 8.42 Å². The van der Waals surface area contributed by atoms with E-state index in [-0.39, 0.29) is 11.4 Å². The monoisotopic (exact) mass is 466 g/mol. The number of hydrogen-bond acceptors (Lipinski definition) is 5. The lowest BCUT2D eigenvalue weighted by Gasteiger charge is -2.31. The van der Waals surface area contributed by atoms with Gasteiger partial charge >= 0.3 is 6.18 Å². The van der Waals surface area contributed by atoms with E-state index >= 15 is 0 Å². The van der Waals surface area contributed by atoms with Crippen LogP contribution in [0.3, 0.4) is 0 Å². The molecule has 0 fully saturated rings. The zero-order chi connectivity index (χ0) is 22.2. The maximum absolute atomic E-state index is 13.3. The van der Waals surface area contributed by atoms with Crippen LogP contribution in [0, 0.1) is 0 Å². The number of methoxy groups -OCH3 is 1. The third-order valence-corrected chi connectivity index (χ3v) is 7.79. The van der Waals surface area contributed by atoms with Crippen LogP contribution in [-0.4, -0.2) is 32.8 Å². The molecule has 1 aliphatic heterocycles. The smallest absolute Gasteiger partial charge is 0.416 e. The molecule has 2 heterocycles. The number of hydrogen-bond donors (Lipinski definition) is 0. The van der Waals surface area contributed by atoms with E-state index in [0.29, 0.717) is 33.2 Å². The third kappa shape index (κ3) is 4.09. The maximum atomic E-state index is 13.3. The molecule has 4 rings (SSSR count). The average molecular weight is 467 g/mol. The minimum atomic E-state index is -4.43. The number of alkyl halides is 3. The van der Waals surface area contributed by atoms with E-state index in [9.17, 15) is 21.6 Å². The standard InChI is InChI=1S/C21H17F3N2O3S2/c1-29-16-6-8-17(9-7-16)31(27,28)26-10-11-30-20-18(12-25-13-19(20)26)14-2-4-15(5-3-14)21(22,23)24/h2-9,12-13H,10-11H2,1H3. The summed E-state index contributed by atoms with van der Waals surface area (Å²) in [5.74, 6) is 1.04. The van der Waals surface area contributed by atoms with Crippen LogP contribution in [0.5, 0.6) is 5.75 Å². The highest BCUT2D eigenvalue weighted by atomic mass is 32.2. The molecule has 0 aliphatic carbocycles. The fourth-order valence-corrected chi connectivity index (χ4v) is 6.04. The number of ether oxygens (including phenoxy) is 1. The fraction of sp³-hybridized carbons (Fsp3) is 0.190. The zero-order valence-electron chi connectivity index (χ0n) is 16.3. The van der Waals surface area contributed by atoms with Crippen LogP contribution in [0.25, 0.3) is 11.1 Å². The number of halogens is 3. The average Bonchev–Trinajstić information content (AvgIpc) is 2.77. The van der Waals surface area contributed by atoms with E-state index in [1.807, 2.05) is 0 Å². The van der Waals surface area contributed by atoms with Crippen molar-refractivity contribution in [3.63, 3.8) is 0 Å². The first-order chi connectivity index (χ1) is 14.7. The van der Waals surface area contributed by atoms with Gasteiger partial charge in [0, 0.05) is 29.0 Å². The molecule has 162 valence electrons. The Labute approximate surface area is 181 Å². The van der Waals surface area contributed by atoms with E-state index in [2.05, 4.69) is 4.98 Å². The number of aromatic nitrogens is 1. The molecule has 0 saturated heterocycles. The first-order valence-corrected chi connectivity index (χ1v) is 11.6. The van der Waals surface area contributed by atoms with Gasteiger partial charge in [-0.05, 0) is 42.0 Å². The number of nitrogens with zero attached hydrogens (tertiary/aromatic N) is 2. The van der Waals surface area contributed by atoms with Crippen LogP contribution in [0.2, 0.25) is 0 Å². The number of rotatable bonds is 4. The number of thioether (sulfide) groups is 1. The molecule has 0 N–H and O–H groups in total. The van der Waals surface area contributed by atoms with E-state index in [0.717, 1.165) is 12.1 Å². The predicted molar refractivity (Wildman–Crippen MR) is 113 cm³/mol. The number of fused-ring (bicyclic) bond motifs is 1. The largest absolute Gasteiger partial charge is 0.497 e. The second kappa shape index (κ2) is 8.08. The van der Waals surface area contributed by atoms with Crippen LogP contribution in [0.4, 0.5) is 18.9 Å². The van der Waals surface area contributed by atoms with Crippen LogP contribution in [0.15, 0.2) is 70.7 Å². The van der Waals surface area contributed by atoms with Crippen molar-refractivity contribution in [3.8, 4) is 16.9 Å². The normalized spacial score (nSPS) is 14.3. The Morgan fingerprint density at radius 3 is 2.32 bits per heavy atom. The first-order valence-electron chi connectivity index (χ1n) is 9.17. The molecule has 0 radical (unpaired) electrons. The van der Waals surface area contributed by atoms with Gasteiger partial charge in [-0.2, -0.15) is 13.2 Å². The predicted octanol–water partition coefficient (Wildman–Crippen LogP) is 5.08. The van der Waals surface area contributed by atoms with Crippen molar-refractivity contribution >= 4 is 27.5 Å². The van der Waals surface area contributed by atoms with Crippen molar-refractivity contribution in [3.05, 3.63) is 66.5 Å². The summed E-state index contributed by atoms with van der Waals surface area (Å²) < 4.78 is 71.6. The molecule has 2 aromatic carbocycles. The molecule has 5 nitrogen and oxygen atoms in total. The fourth-order valence-electron chi connectivity index (χ4n) is 3.29. The topological polar surface area (TPSA) is 59.5 Å². The molecule has 1 aromatic heterocycles. The van der Waals surface area contributed by atoms with Crippen molar-refractivity contribution in [2.24, 2.45) is 0 Å². The van der Waals surface area contributed by atoms with Crippen LogP contribution >= 0.6 is 11.8 Å². The molecule has 31 heavy (non-hydrogen) atoms. The molecule has 3 aromatic rings. The number of anilines is 1. The summed E-state index contributed by atoms with van der Waals surface area (Å²) in [4.78, 5) is 4.95. The maximum Gasteiger partial charge on any atom is 0.416 e. The van der Waals surface area contributed by atoms with Gasteiger partial charge in [-0.15, -0.1) is 11.8 Å². The highest BCUT2D eigenvalue weighted by Crippen LogP contribution is 2.43. The lowest BCUT2D eigenvalue weighted by Crippen LogP contribution is -2.35. The van der Waals surface area contributed by atoms with Crippen molar-refractivity contribution in [2.45, 2.75) is 16.0 Å². The number of pyridine rings is 1. The molecular weight excluding hydrogens is 449 g/mol. The highest BCUT2D eigenvalue weighted by molar-refractivity contribution is 8.00. The van der Waals surface area contributed by atoms with Crippen molar-refractivity contribution < 1.29 is 26.3 Å². The van der Waals surface area contributed by atoms with Crippen LogP contribution < -0.4 is 9.04 Å². The van der Waals surface area contributed by atoms with Gasteiger partial charge in [0.25, 0.3) is 10.0 Å². The Hall–Kier alpha value is -2.72. The molecule has 0 saturated carbocycles. The Bertz CT molecular complexity index is 1200. The second-order valence-electron chi connectivity index (χ2n) is 6.71. The van der Waals surface area contributed by atoms with Gasteiger partial charge in [-0.3, -0.25) is 9.29 Å². The van der Waals surface area contributed by atoms with Gasteiger partial charge in [-0.1, -0.05) is 12.1 Å². The Morgan fingerprint density at radius 2 is 1.71 bits per heavy atom. The quantitative estimate of drug-likeness (QED) is 0.537. The van der Waals surface area contributed by atoms with Crippen LogP contribution in [-0.2, 0) is 16.2 Å². The number of sulfonamides is 1. The summed E-state index contributed by atoms with van der Waals surface area (Å²) in [6.07, 6.45) is -1.42. The summed E-state index contributed by atoms with van der Waals surface area (Å²) in [5, 5.41) is 0. The summed E-state index contributed by atoms with van der Waals surface area (Å²) in [5.41, 5.74) is 0.786. The molecule has 0 bridgehead atoms. The third-order valence-electron chi connectivity index (χ3n) is 4.86. The molecule has 1 aliphatic rings. The Kier molecular flexibility index (Phi) is 5.61. The van der Waals surface area contributed by atoms with E-state index in [1.54, 1.807) is 12.1 Å². The summed E-state index contributed by atoms with van der Waals surface area (Å²) >= 11 is 1.45. The second-order valence-corrected chi connectivity index (χ2v) is 9.68. The van der Waals surface area contributed by atoms with Crippen molar-refractivity contribution in [1.82, 2.24) is 4.98 Å². The Morgan fingerprint density at radius 1 is 1.03 bits per heavy atom. The van der Waals surface area contributed by atoms with E-state index in [1.165, 1.54) is 59.8 Å². The van der Waals surface area contributed by atoms with Crippen molar-refractivity contribution in [2.75, 3.05) is 23.7 Å². The summed E-state index contributed by atoms with van der Waals surface area (Å²) in [7, 11) is -2.35. The van der Waals surface area contributed by atoms with E-state index < -0.39 is 21.8 Å². The summed E-state index contributed by atoms with van der Waals surface area (Å²) in [6.45, 7) is 0.254. The number of benzene rings is 2. The molecule has 10 heteroatoms. The molecule has 0 spiro atoms. The first kappa shape index (κ1) is 21.5. The molecule has 0 atom stereocenters. The van der Waals surface area contributed by atoms with Gasteiger partial charge < -0.3 is 4.74 Å². The van der Waals surface area contributed by atoms with Gasteiger partial charge in [0.1, 0.15) is 5.75 Å². The zero-order valence-corrected chi connectivity index (χ0v) is 17.9. The summed E-state index contributed by atoms with van der Waals surface area (Å²) in [6, 6.07) is 10.9.